The second kappa shape index (κ2) is 9.47. The lowest BCUT2D eigenvalue weighted by Crippen LogP contribution is -2.13. The fourth-order valence-electron chi connectivity index (χ4n) is 2.43. The first-order chi connectivity index (χ1) is 12.1. The average Bonchev–Trinajstić information content (AvgIpc) is 2.60. The Kier molecular flexibility index (Phi) is 7.01. The molecule has 5 heteroatoms. The van der Waals surface area contributed by atoms with Gasteiger partial charge in [0.15, 0.2) is 0 Å². The van der Waals surface area contributed by atoms with Gasteiger partial charge in [0, 0.05) is 24.2 Å². The first-order valence-electron chi connectivity index (χ1n) is 8.43. The number of hydrogen-bond acceptors (Lipinski definition) is 3. The molecule has 25 heavy (non-hydrogen) atoms. The zero-order chi connectivity index (χ0) is 18.1. The molecule has 0 atom stereocenters. The number of methoxy groups -OCH3 is 1. The molecule has 0 radical (unpaired) electrons. The Morgan fingerprint density at radius 1 is 0.920 bits per heavy atom. The maximum atomic E-state index is 12.1. The van der Waals surface area contributed by atoms with Crippen LogP contribution in [-0.2, 0) is 16.0 Å². The zero-order valence-electron chi connectivity index (χ0n) is 14.7. The molecule has 0 unspecified atom stereocenters. The van der Waals surface area contributed by atoms with E-state index in [9.17, 15) is 9.59 Å². The monoisotopic (exact) mass is 340 g/mol. The van der Waals surface area contributed by atoms with E-state index < -0.39 is 0 Å². The smallest absolute Gasteiger partial charge is 0.224 e. The predicted molar refractivity (Wildman–Crippen MR) is 99.9 cm³/mol. The van der Waals surface area contributed by atoms with Crippen LogP contribution in [0, 0.1) is 0 Å². The second-order valence-electron chi connectivity index (χ2n) is 5.78. The van der Waals surface area contributed by atoms with Gasteiger partial charge in [-0.2, -0.15) is 0 Å². The third kappa shape index (κ3) is 6.30. The number of hydrogen-bond donors (Lipinski definition) is 2. The summed E-state index contributed by atoms with van der Waals surface area (Å²) in [6.07, 6.45) is 2.29. The van der Waals surface area contributed by atoms with E-state index >= 15 is 0 Å². The van der Waals surface area contributed by atoms with Crippen molar-refractivity contribution >= 4 is 23.2 Å². The standard InChI is InChI=1S/C20H24N2O3/c1-3-6-19(23)21-16-8-5-9-17(14-16)22-20(24)12-11-15-7-4-10-18(13-15)25-2/h4-5,7-10,13-14H,3,6,11-12H2,1-2H3,(H,21,23)(H,22,24). The summed E-state index contributed by atoms with van der Waals surface area (Å²) >= 11 is 0. The molecule has 0 spiro atoms. The molecule has 0 aliphatic carbocycles. The average molecular weight is 340 g/mol. The summed E-state index contributed by atoms with van der Waals surface area (Å²) in [5.41, 5.74) is 2.41. The lowest BCUT2D eigenvalue weighted by atomic mass is 10.1. The third-order valence-corrected chi connectivity index (χ3v) is 3.68. The topological polar surface area (TPSA) is 67.4 Å². The molecule has 0 aromatic heterocycles. The highest BCUT2D eigenvalue weighted by molar-refractivity contribution is 5.94. The van der Waals surface area contributed by atoms with E-state index in [-0.39, 0.29) is 11.8 Å². The predicted octanol–water partition coefficient (Wildman–Crippen LogP) is 4.01. The Balaban J connectivity index is 1.88. The zero-order valence-corrected chi connectivity index (χ0v) is 14.7. The molecule has 132 valence electrons. The van der Waals surface area contributed by atoms with Crippen molar-refractivity contribution in [1.29, 1.82) is 0 Å². The van der Waals surface area contributed by atoms with Gasteiger partial charge in [-0.15, -0.1) is 0 Å². The summed E-state index contributed by atoms with van der Waals surface area (Å²) in [6.45, 7) is 1.96. The molecule has 2 amide bonds. The molecule has 0 aliphatic rings. The number of carbonyl (C=O) groups excluding carboxylic acids is 2. The number of rotatable bonds is 8. The van der Waals surface area contributed by atoms with E-state index in [0.29, 0.717) is 30.6 Å². The number of aryl methyl sites for hydroxylation is 1. The number of carbonyl (C=O) groups is 2. The van der Waals surface area contributed by atoms with Crippen LogP contribution >= 0.6 is 0 Å². The molecule has 5 nitrogen and oxygen atoms in total. The van der Waals surface area contributed by atoms with Gasteiger partial charge in [0.1, 0.15) is 5.75 Å². The van der Waals surface area contributed by atoms with Gasteiger partial charge < -0.3 is 15.4 Å². The number of ether oxygens (including phenoxy) is 1. The maximum Gasteiger partial charge on any atom is 0.224 e. The number of anilines is 2. The van der Waals surface area contributed by atoms with Crippen LogP contribution in [0.4, 0.5) is 11.4 Å². The van der Waals surface area contributed by atoms with Crippen molar-refractivity contribution in [3.05, 3.63) is 54.1 Å². The normalized spacial score (nSPS) is 10.2. The summed E-state index contributed by atoms with van der Waals surface area (Å²) in [5, 5.41) is 5.69. The molecular weight excluding hydrogens is 316 g/mol. The van der Waals surface area contributed by atoms with E-state index in [0.717, 1.165) is 17.7 Å². The van der Waals surface area contributed by atoms with Crippen LogP contribution in [0.2, 0.25) is 0 Å². The summed E-state index contributed by atoms with van der Waals surface area (Å²) in [5.74, 6) is 0.692. The minimum atomic E-state index is -0.0696. The Hall–Kier alpha value is -2.82. The Morgan fingerprint density at radius 3 is 2.20 bits per heavy atom. The summed E-state index contributed by atoms with van der Waals surface area (Å²) in [6, 6.07) is 14.9. The third-order valence-electron chi connectivity index (χ3n) is 3.68. The second-order valence-corrected chi connectivity index (χ2v) is 5.78. The summed E-state index contributed by atoms with van der Waals surface area (Å²) in [4.78, 5) is 23.8. The number of benzene rings is 2. The van der Waals surface area contributed by atoms with Crippen molar-refractivity contribution in [2.75, 3.05) is 17.7 Å². The van der Waals surface area contributed by atoms with Gasteiger partial charge in [0.25, 0.3) is 0 Å². The summed E-state index contributed by atoms with van der Waals surface area (Å²) in [7, 11) is 1.62. The van der Waals surface area contributed by atoms with Gasteiger partial charge in [0.2, 0.25) is 11.8 Å². The van der Waals surface area contributed by atoms with Crippen molar-refractivity contribution < 1.29 is 14.3 Å². The lowest BCUT2D eigenvalue weighted by Gasteiger charge is -2.09. The number of amides is 2. The molecule has 2 rings (SSSR count). The minimum absolute atomic E-state index is 0.0241. The SMILES string of the molecule is CCCC(=O)Nc1cccc(NC(=O)CCc2cccc(OC)c2)c1. The van der Waals surface area contributed by atoms with Gasteiger partial charge in [-0.25, -0.2) is 0 Å². The molecule has 0 aliphatic heterocycles. The molecule has 0 saturated heterocycles. The van der Waals surface area contributed by atoms with E-state index in [1.807, 2.05) is 31.2 Å². The molecule has 2 aromatic carbocycles. The highest BCUT2D eigenvalue weighted by Crippen LogP contribution is 2.17. The fraction of sp³-hybridized carbons (Fsp3) is 0.300. The molecule has 0 fully saturated rings. The minimum Gasteiger partial charge on any atom is -0.497 e. The van der Waals surface area contributed by atoms with Crippen molar-refractivity contribution in [2.45, 2.75) is 32.6 Å². The van der Waals surface area contributed by atoms with Gasteiger partial charge in [0.05, 0.1) is 7.11 Å². The molecule has 2 N–H and O–H groups in total. The van der Waals surface area contributed by atoms with Gasteiger partial charge in [-0.05, 0) is 48.7 Å². The van der Waals surface area contributed by atoms with Crippen molar-refractivity contribution in [3.8, 4) is 5.75 Å². The molecule has 0 heterocycles. The lowest BCUT2D eigenvalue weighted by molar-refractivity contribution is -0.117. The van der Waals surface area contributed by atoms with Crippen LogP contribution in [0.1, 0.15) is 31.7 Å². The maximum absolute atomic E-state index is 12.1. The van der Waals surface area contributed by atoms with Crippen LogP contribution in [0.25, 0.3) is 0 Å². The van der Waals surface area contributed by atoms with Gasteiger partial charge >= 0.3 is 0 Å². The van der Waals surface area contributed by atoms with E-state index in [1.54, 1.807) is 31.4 Å². The van der Waals surface area contributed by atoms with Crippen LogP contribution in [0.3, 0.4) is 0 Å². The molecule has 2 aromatic rings. The van der Waals surface area contributed by atoms with Crippen molar-refractivity contribution in [2.24, 2.45) is 0 Å². The quantitative estimate of drug-likeness (QED) is 0.763. The Bertz CT molecular complexity index is 728. The Morgan fingerprint density at radius 2 is 1.56 bits per heavy atom. The van der Waals surface area contributed by atoms with E-state index in [4.69, 9.17) is 4.74 Å². The van der Waals surface area contributed by atoms with Gasteiger partial charge in [-0.1, -0.05) is 25.1 Å². The first kappa shape index (κ1) is 18.5. The fourth-order valence-corrected chi connectivity index (χ4v) is 2.43. The van der Waals surface area contributed by atoms with Gasteiger partial charge in [-0.3, -0.25) is 9.59 Å². The van der Waals surface area contributed by atoms with E-state index in [2.05, 4.69) is 10.6 Å². The van der Waals surface area contributed by atoms with Crippen LogP contribution in [0.5, 0.6) is 5.75 Å². The molecule has 0 bridgehead atoms. The Labute approximate surface area is 148 Å². The van der Waals surface area contributed by atoms with Crippen molar-refractivity contribution in [1.82, 2.24) is 0 Å². The first-order valence-corrected chi connectivity index (χ1v) is 8.43. The van der Waals surface area contributed by atoms with Crippen LogP contribution in [-0.4, -0.2) is 18.9 Å². The molecule has 0 saturated carbocycles. The highest BCUT2D eigenvalue weighted by Gasteiger charge is 2.06. The molecular formula is C20H24N2O3. The largest absolute Gasteiger partial charge is 0.497 e. The van der Waals surface area contributed by atoms with Crippen molar-refractivity contribution in [3.63, 3.8) is 0 Å². The number of nitrogens with one attached hydrogen (secondary N) is 2. The van der Waals surface area contributed by atoms with Crippen LogP contribution in [0.15, 0.2) is 48.5 Å². The summed E-state index contributed by atoms with van der Waals surface area (Å²) < 4.78 is 5.18. The van der Waals surface area contributed by atoms with Crippen LogP contribution < -0.4 is 15.4 Å². The van der Waals surface area contributed by atoms with E-state index in [1.165, 1.54) is 0 Å². The highest BCUT2D eigenvalue weighted by atomic mass is 16.5.